The number of aromatic nitrogens is 2. The largest absolute Gasteiger partial charge is 0.479 e. The summed E-state index contributed by atoms with van der Waals surface area (Å²) >= 11 is 6.29. The normalized spacial score (nSPS) is 12.4. The fourth-order valence-electron chi connectivity index (χ4n) is 3.71. The van der Waals surface area contributed by atoms with Crippen LogP contribution in [0.4, 0.5) is 0 Å². The second-order valence-corrected chi connectivity index (χ2v) is 7.69. The van der Waals surface area contributed by atoms with Gasteiger partial charge in [-0.15, -0.1) is 0 Å². The van der Waals surface area contributed by atoms with E-state index in [1.807, 2.05) is 61.7 Å². The highest BCUT2D eigenvalue weighted by Gasteiger charge is 2.20. The lowest BCUT2D eigenvalue weighted by Gasteiger charge is -2.13. The molecule has 2 heterocycles. The summed E-state index contributed by atoms with van der Waals surface area (Å²) in [7, 11) is 0. The number of carboxylic acids is 1. The highest BCUT2D eigenvalue weighted by molar-refractivity contribution is 6.33. The van der Waals surface area contributed by atoms with E-state index in [9.17, 15) is 9.90 Å². The average Bonchev–Trinajstić information content (AvgIpc) is 3.32. The molecular formula is C24H23ClN2O4. The fraction of sp³-hybridized carbons (Fsp3) is 0.250. The summed E-state index contributed by atoms with van der Waals surface area (Å²) in [6.07, 6.45) is 1.42. The standard InChI is InChI=1S/C24H23ClN2O4/c1-3-30-22(24(28)29)13-16-7-6-10-21-17(16)11-12-27(21)14-20-15(2)31-23(26-20)18-8-4-5-9-19(18)25/h4-12,22H,3,13-14H2,1-2H3,(H,28,29). The van der Waals surface area contributed by atoms with Crippen molar-refractivity contribution in [1.29, 1.82) is 0 Å². The van der Waals surface area contributed by atoms with E-state index in [4.69, 9.17) is 20.8 Å². The maximum absolute atomic E-state index is 11.5. The molecule has 1 atom stereocenters. The Kier molecular flexibility index (Phi) is 6.11. The van der Waals surface area contributed by atoms with Crippen molar-refractivity contribution in [3.63, 3.8) is 0 Å². The number of carboxylic acid groups (broad SMARTS) is 1. The molecule has 31 heavy (non-hydrogen) atoms. The first-order valence-corrected chi connectivity index (χ1v) is 10.5. The molecular weight excluding hydrogens is 416 g/mol. The molecule has 2 aromatic carbocycles. The Morgan fingerprint density at radius 3 is 2.77 bits per heavy atom. The van der Waals surface area contributed by atoms with Gasteiger partial charge in [-0.2, -0.15) is 0 Å². The minimum atomic E-state index is -0.955. The van der Waals surface area contributed by atoms with Gasteiger partial charge in [-0.1, -0.05) is 35.9 Å². The molecule has 0 amide bonds. The first-order valence-electron chi connectivity index (χ1n) is 10.1. The van der Waals surface area contributed by atoms with E-state index < -0.39 is 12.1 Å². The first kappa shape index (κ1) is 21.2. The summed E-state index contributed by atoms with van der Waals surface area (Å²) in [5.41, 5.74) is 3.51. The Morgan fingerprint density at radius 2 is 2.03 bits per heavy atom. The molecule has 4 rings (SSSR count). The van der Waals surface area contributed by atoms with E-state index in [0.29, 0.717) is 30.5 Å². The molecule has 0 saturated heterocycles. The van der Waals surface area contributed by atoms with E-state index in [1.165, 1.54) is 0 Å². The van der Waals surface area contributed by atoms with E-state index in [-0.39, 0.29) is 0 Å². The molecule has 4 aromatic rings. The van der Waals surface area contributed by atoms with Gasteiger partial charge < -0.3 is 18.8 Å². The lowest BCUT2D eigenvalue weighted by molar-refractivity contribution is -0.149. The number of rotatable bonds is 8. The molecule has 0 aliphatic rings. The van der Waals surface area contributed by atoms with Crippen molar-refractivity contribution in [3.05, 3.63) is 76.8 Å². The van der Waals surface area contributed by atoms with Gasteiger partial charge in [0, 0.05) is 30.1 Å². The second-order valence-electron chi connectivity index (χ2n) is 7.28. The predicted molar refractivity (Wildman–Crippen MR) is 119 cm³/mol. The molecule has 7 heteroatoms. The highest BCUT2D eigenvalue weighted by atomic mass is 35.5. The number of oxazole rings is 1. The molecule has 0 aliphatic heterocycles. The fourth-order valence-corrected chi connectivity index (χ4v) is 3.92. The van der Waals surface area contributed by atoms with Crippen molar-refractivity contribution in [3.8, 4) is 11.5 Å². The first-order chi connectivity index (χ1) is 15.0. The number of carbonyl (C=O) groups is 1. The maximum atomic E-state index is 11.5. The van der Waals surface area contributed by atoms with Gasteiger partial charge >= 0.3 is 5.97 Å². The quantitative estimate of drug-likeness (QED) is 0.402. The summed E-state index contributed by atoms with van der Waals surface area (Å²) in [5.74, 6) is 0.273. The molecule has 0 aliphatic carbocycles. The predicted octanol–water partition coefficient (Wildman–Crippen LogP) is 5.34. The summed E-state index contributed by atoms with van der Waals surface area (Å²) in [6.45, 7) is 4.57. The van der Waals surface area contributed by atoms with Gasteiger partial charge in [0.2, 0.25) is 5.89 Å². The van der Waals surface area contributed by atoms with Gasteiger partial charge in [-0.05, 0) is 43.7 Å². The molecule has 0 fully saturated rings. The van der Waals surface area contributed by atoms with E-state index in [1.54, 1.807) is 6.92 Å². The number of benzene rings is 2. The van der Waals surface area contributed by atoms with Crippen molar-refractivity contribution in [2.24, 2.45) is 0 Å². The highest BCUT2D eigenvalue weighted by Crippen LogP contribution is 2.29. The van der Waals surface area contributed by atoms with Crippen molar-refractivity contribution < 1.29 is 19.1 Å². The number of halogens is 1. The third-order valence-corrected chi connectivity index (χ3v) is 5.60. The van der Waals surface area contributed by atoms with Crippen LogP contribution in [0.5, 0.6) is 0 Å². The maximum Gasteiger partial charge on any atom is 0.333 e. The summed E-state index contributed by atoms with van der Waals surface area (Å²) in [6, 6.07) is 15.3. The van der Waals surface area contributed by atoms with Crippen LogP contribution >= 0.6 is 11.6 Å². The Hall–Kier alpha value is -3.09. The molecule has 0 bridgehead atoms. The molecule has 2 aromatic heterocycles. The van der Waals surface area contributed by atoms with Crippen LogP contribution < -0.4 is 0 Å². The van der Waals surface area contributed by atoms with Gasteiger partial charge in [0.15, 0.2) is 6.10 Å². The lowest BCUT2D eigenvalue weighted by Crippen LogP contribution is -2.26. The number of hydrogen-bond donors (Lipinski definition) is 1. The number of ether oxygens (including phenoxy) is 1. The van der Waals surface area contributed by atoms with Gasteiger partial charge in [-0.25, -0.2) is 9.78 Å². The third-order valence-electron chi connectivity index (χ3n) is 5.27. The van der Waals surface area contributed by atoms with Crippen LogP contribution in [-0.4, -0.2) is 33.3 Å². The van der Waals surface area contributed by atoms with Crippen molar-refractivity contribution >= 4 is 28.5 Å². The van der Waals surface area contributed by atoms with Gasteiger partial charge in [0.05, 0.1) is 17.1 Å². The summed E-state index contributed by atoms with van der Waals surface area (Å²) in [5, 5.41) is 11.0. The molecule has 0 radical (unpaired) electrons. The number of aliphatic carboxylic acids is 1. The van der Waals surface area contributed by atoms with Crippen molar-refractivity contribution in [1.82, 2.24) is 9.55 Å². The Bertz CT molecular complexity index is 1230. The Morgan fingerprint density at radius 1 is 1.23 bits per heavy atom. The molecule has 1 unspecified atom stereocenters. The van der Waals surface area contributed by atoms with Crippen LogP contribution in [0.25, 0.3) is 22.4 Å². The molecule has 0 saturated carbocycles. The summed E-state index contributed by atoms with van der Waals surface area (Å²) in [4.78, 5) is 16.2. The number of nitrogens with zero attached hydrogens (tertiary/aromatic N) is 2. The molecule has 0 spiro atoms. The van der Waals surface area contributed by atoms with Gasteiger partial charge in [-0.3, -0.25) is 0 Å². The minimum Gasteiger partial charge on any atom is -0.479 e. The zero-order chi connectivity index (χ0) is 22.0. The smallest absolute Gasteiger partial charge is 0.333 e. The zero-order valence-electron chi connectivity index (χ0n) is 17.3. The number of hydrogen-bond acceptors (Lipinski definition) is 4. The van der Waals surface area contributed by atoms with Crippen LogP contribution in [0.2, 0.25) is 5.02 Å². The molecule has 6 nitrogen and oxygen atoms in total. The number of aryl methyl sites for hydroxylation is 1. The van der Waals surface area contributed by atoms with Crippen LogP contribution in [0.3, 0.4) is 0 Å². The van der Waals surface area contributed by atoms with E-state index in [0.717, 1.165) is 33.5 Å². The number of fused-ring (bicyclic) bond motifs is 1. The van der Waals surface area contributed by atoms with Gasteiger partial charge in [0.25, 0.3) is 0 Å². The Labute approximate surface area is 185 Å². The average molecular weight is 439 g/mol. The molecule has 1 N–H and O–H groups in total. The van der Waals surface area contributed by atoms with Crippen molar-refractivity contribution in [2.75, 3.05) is 6.61 Å². The zero-order valence-corrected chi connectivity index (χ0v) is 18.1. The van der Waals surface area contributed by atoms with Gasteiger partial charge in [0.1, 0.15) is 11.5 Å². The second kappa shape index (κ2) is 8.96. The van der Waals surface area contributed by atoms with Crippen LogP contribution in [0.1, 0.15) is 23.9 Å². The van der Waals surface area contributed by atoms with E-state index >= 15 is 0 Å². The van der Waals surface area contributed by atoms with Crippen LogP contribution in [-0.2, 0) is 22.5 Å². The van der Waals surface area contributed by atoms with Crippen molar-refractivity contribution in [2.45, 2.75) is 32.9 Å². The van der Waals surface area contributed by atoms with Crippen LogP contribution in [0.15, 0.2) is 59.1 Å². The minimum absolute atomic E-state index is 0.310. The third kappa shape index (κ3) is 4.36. The van der Waals surface area contributed by atoms with Crippen LogP contribution in [0, 0.1) is 6.92 Å². The summed E-state index contributed by atoms with van der Waals surface area (Å²) < 4.78 is 13.4. The monoisotopic (exact) mass is 438 g/mol. The molecule has 160 valence electrons. The van der Waals surface area contributed by atoms with E-state index in [2.05, 4.69) is 9.55 Å². The topological polar surface area (TPSA) is 77.5 Å². The SMILES string of the molecule is CCOC(Cc1cccc2c1ccn2Cc1nc(-c2ccccc2Cl)oc1C)C(=O)O. The lowest BCUT2D eigenvalue weighted by atomic mass is 10.0. The Balaban J connectivity index is 1.63.